The Bertz CT molecular complexity index is 637. The van der Waals surface area contributed by atoms with Gasteiger partial charge in [-0.05, 0) is 43.6 Å². The number of carbonyl (C=O) groups is 1. The van der Waals surface area contributed by atoms with Crippen molar-refractivity contribution in [1.29, 1.82) is 0 Å². The fraction of sp³-hybridized carbons (Fsp3) is 0.722. The van der Waals surface area contributed by atoms with E-state index in [1.54, 1.807) is 0 Å². The molecule has 4 rings (SSSR count). The normalized spacial score (nSPS) is 23.4. The van der Waals surface area contributed by atoms with Crippen LogP contribution in [0.1, 0.15) is 43.4 Å². The van der Waals surface area contributed by atoms with Crippen molar-refractivity contribution in [2.45, 2.75) is 44.1 Å². The van der Waals surface area contributed by atoms with E-state index in [2.05, 4.69) is 9.97 Å². The molecule has 0 bridgehead atoms. The zero-order valence-electron chi connectivity index (χ0n) is 14.6. The number of fused-ring (bicyclic) bond motifs is 2. The summed E-state index contributed by atoms with van der Waals surface area (Å²) in [5.74, 6) is 1.03. The largest absolute Gasteiger partial charge is 0.381 e. The maximum absolute atomic E-state index is 12.6. The van der Waals surface area contributed by atoms with E-state index in [0.29, 0.717) is 38.0 Å². The molecule has 2 N–H and O–H groups in total. The molecular weight excluding hydrogens is 320 g/mol. The summed E-state index contributed by atoms with van der Waals surface area (Å²) in [7, 11) is 0. The molecule has 0 saturated carbocycles. The molecule has 0 aliphatic carbocycles. The summed E-state index contributed by atoms with van der Waals surface area (Å²) >= 11 is 0. The van der Waals surface area contributed by atoms with Crippen molar-refractivity contribution >= 4 is 11.9 Å². The summed E-state index contributed by atoms with van der Waals surface area (Å²) in [4.78, 5) is 23.2. The SMILES string of the molecule is Nc1ncc2c(n1)C1(CCN(C(=O)CC3CCOCC3)CC1)OCC2. The predicted octanol–water partition coefficient (Wildman–Crippen LogP) is 1.27. The number of carbonyl (C=O) groups excluding carboxylic acids is 1. The summed E-state index contributed by atoms with van der Waals surface area (Å²) in [6.07, 6.45) is 6.83. The quantitative estimate of drug-likeness (QED) is 0.867. The second-order valence-corrected chi connectivity index (χ2v) is 7.34. The van der Waals surface area contributed by atoms with Gasteiger partial charge in [-0.15, -0.1) is 0 Å². The number of nitrogen functional groups attached to an aromatic ring is 1. The van der Waals surface area contributed by atoms with Crippen LogP contribution in [0, 0.1) is 5.92 Å². The van der Waals surface area contributed by atoms with Crippen molar-refractivity contribution in [2.24, 2.45) is 5.92 Å². The number of hydrogen-bond acceptors (Lipinski definition) is 6. The minimum Gasteiger partial charge on any atom is -0.381 e. The number of ether oxygens (including phenoxy) is 2. The molecule has 1 spiro atoms. The van der Waals surface area contributed by atoms with Crippen molar-refractivity contribution in [1.82, 2.24) is 14.9 Å². The minimum atomic E-state index is -0.403. The number of hydrogen-bond donors (Lipinski definition) is 1. The van der Waals surface area contributed by atoms with Gasteiger partial charge in [-0.2, -0.15) is 0 Å². The highest BCUT2D eigenvalue weighted by Crippen LogP contribution is 2.40. The van der Waals surface area contributed by atoms with Gasteiger partial charge in [0.05, 0.1) is 12.3 Å². The molecule has 25 heavy (non-hydrogen) atoms. The van der Waals surface area contributed by atoms with E-state index in [1.807, 2.05) is 11.1 Å². The highest BCUT2D eigenvalue weighted by atomic mass is 16.5. The van der Waals surface area contributed by atoms with Crippen LogP contribution in [0.5, 0.6) is 0 Å². The van der Waals surface area contributed by atoms with Crippen molar-refractivity contribution in [3.05, 3.63) is 17.5 Å². The number of nitrogens with two attached hydrogens (primary N) is 1. The maximum atomic E-state index is 12.6. The fourth-order valence-electron chi connectivity index (χ4n) is 4.25. The zero-order chi connectivity index (χ0) is 17.3. The first-order chi connectivity index (χ1) is 12.2. The molecule has 2 saturated heterocycles. The Labute approximate surface area is 147 Å². The van der Waals surface area contributed by atoms with Crippen LogP contribution in [0.2, 0.25) is 0 Å². The van der Waals surface area contributed by atoms with E-state index in [-0.39, 0.29) is 5.91 Å². The molecule has 0 aromatic carbocycles. The lowest BCUT2D eigenvalue weighted by molar-refractivity contribution is -0.142. The Morgan fingerprint density at radius 2 is 2.04 bits per heavy atom. The standard InChI is InChI=1S/C18H26N4O3/c19-17-20-12-14-3-10-25-18(16(14)21-17)4-6-22(7-5-18)15(23)11-13-1-8-24-9-2-13/h12-13H,1-11H2,(H2,19,20,21). The van der Waals surface area contributed by atoms with Gasteiger partial charge in [0.15, 0.2) is 0 Å². The number of rotatable bonds is 2. The van der Waals surface area contributed by atoms with Crippen LogP contribution in [0.25, 0.3) is 0 Å². The van der Waals surface area contributed by atoms with Crippen LogP contribution in [-0.4, -0.2) is 53.7 Å². The van der Waals surface area contributed by atoms with Gasteiger partial charge in [-0.25, -0.2) is 9.97 Å². The van der Waals surface area contributed by atoms with Gasteiger partial charge in [-0.1, -0.05) is 0 Å². The lowest BCUT2D eigenvalue weighted by atomic mass is 9.83. The number of aromatic nitrogens is 2. The molecule has 0 unspecified atom stereocenters. The predicted molar refractivity (Wildman–Crippen MR) is 91.8 cm³/mol. The third-order valence-electron chi connectivity index (χ3n) is 5.79. The van der Waals surface area contributed by atoms with Crippen LogP contribution < -0.4 is 5.73 Å². The second-order valence-electron chi connectivity index (χ2n) is 7.34. The molecule has 4 heterocycles. The van der Waals surface area contributed by atoms with E-state index >= 15 is 0 Å². The summed E-state index contributed by atoms with van der Waals surface area (Å²) in [6, 6.07) is 0. The second kappa shape index (κ2) is 6.88. The third-order valence-corrected chi connectivity index (χ3v) is 5.79. The Morgan fingerprint density at radius 3 is 2.80 bits per heavy atom. The summed E-state index contributed by atoms with van der Waals surface area (Å²) in [6.45, 7) is 3.67. The molecule has 7 heteroatoms. The summed E-state index contributed by atoms with van der Waals surface area (Å²) < 4.78 is 11.5. The smallest absolute Gasteiger partial charge is 0.222 e. The Kier molecular flexibility index (Phi) is 4.60. The van der Waals surface area contributed by atoms with Crippen molar-refractivity contribution in [3.63, 3.8) is 0 Å². The minimum absolute atomic E-state index is 0.264. The van der Waals surface area contributed by atoms with Crippen LogP contribution in [0.3, 0.4) is 0 Å². The van der Waals surface area contributed by atoms with E-state index in [1.165, 1.54) is 0 Å². The Balaban J connectivity index is 1.41. The number of piperidine rings is 1. The average Bonchev–Trinajstić information content (AvgIpc) is 2.64. The summed E-state index contributed by atoms with van der Waals surface area (Å²) in [5, 5.41) is 0. The molecule has 1 aromatic rings. The van der Waals surface area contributed by atoms with E-state index in [9.17, 15) is 4.79 Å². The van der Waals surface area contributed by atoms with Gasteiger partial charge >= 0.3 is 0 Å². The van der Waals surface area contributed by atoms with Gasteiger partial charge in [0, 0.05) is 38.9 Å². The lowest BCUT2D eigenvalue weighted by Gasteiger charge is -2.44. The van der Waals surface area contributed by atoms with Gasteiger partial charge in [-0.3, -0.25) is 4.79 Å². The van der Waals surface area contributed by atoms with Crippen molar-refractivity contribution in [3.8, 4) is 0 Å². The highest BCUT2D eigenvalue weighted by Gasteiger charge is 2.43. The van der Waals surface area contributed by atoms with E-state index in [4.69, 9.17) is 15.2 Å². The van der Waals surface area contributed by atoms with Gasteiger partial charge in [0.1, 0.15) is 5.60 Å². The van der Waals surface area contributed by atoms with Crippen LogP contribution in [-0.2, 0) is 26.3 Å². The number of amides is 1. The van der Waals surface area contributed by atoms with Gasteiger partial charge in [0.25, 0.3) is 0 Å². The van der Waals surface area contributed by atoms with Gasteiger partial charge in [0.2, 0.25) is 11.9 Å². The molecule has 2 fully saturated rings. The van der Waals surface area contributed by atoms with Crippen molar-refractivity contribution < 1.29 is 14.3 Å². The average molecular weight is 346 g/mol. The monoisotopic (exact) mass is 346 g/mol. The Hall–Kier alpha value is -1.73. The molecule has 136 valence electrons. The fourth-order valence-corrected chi connectivity index (χ4v) is 4.25. The molecule has 7 nitrogen and oxygen atoms in total. The Morgan fingerprint density at radius 1 is 1.28 bits per heavy atom. The first-order valence-electron chi connectivity index (χ1n) is 9.28. The number of anilines is 1. The third kappa shape index (κ3) is 3.35. The first-order valence-corrected chi connectivity index (χ1v) is 9.28. The molecular formula is C18H26N4O3. The maximum Gasteiger partial charge on any atom is 0.222 e. The van der Waals surface area contributed by atoms with E-state index in [0.717, 1.165) is 56.6 Å². The number of likely N-dealkylation sites (tertiary alicyclic amines) is 1. The topological polar surface area (TPSA) is 90.6 Å². The molecule has 0 radical (unpaired) electrons. The number of nitrogens with zero attached hydrogens (tertiary/aromatic N) is 3. The van der Waals surface area contributed by atoms with Crippen LogP contribution in [0.15, 0.2) is 6.20 Å². The zero-order valence-corrected chi connectivity index (χ0v) is 14.6. The van der Waals surface area contributed by atoms with Crippen LogP contribution in [0.4, 0.5) is 5.95 Å². The van der Waals surface area contributed by atoms with E-state index < -0.39 is 5.60 Å². The molecule has 1 amide bonds. The lowest BCUT2D eigenvalue weighted by Crippen LogP contribution is -2.49. The molecule has 0 atom stereocenters. The summed E-state index contributed by atoms with van der Waals surface area (Å²) in [5.41, 5.74) is 7.46. The van der Waals surface area contributed by atoms with Gasteiger partial charge < -0.3 is 20.1 Å². The molecule has 1 aromatic heterocycles. The van der Waals surface area contributed by atoms with Crippen molar-refractivity contribution in [2.75, 3.05) is 38.6 Å². The molecule has 3 aliphatic heterocycles. The molecule has 3 aliphatic rings. The van der Waals surface area contributed by atoms with Crippen LogP contribution >= 0.6 is 0 Å². The first kappa shape index (κ1) is 16.7. The highest BCUT2D eigenvalue weighted by molar-refractivity contribution is 5.76.